The summed E-state index contributed by atoms with van der Waals surface area (Å²) in [6.07, 6.45) is 7.58. The number of phenolic OH excluding ortho intramolecular Hbond substituents is 1. The first-order chi connectivity index (χ1) is 11.5. The predicted molar refractivity (Wildman–Crippen MR) is 95.3 cm³/mol. The molecule has 7 heteroatoms. The van der Waals surface area contributed by atoms with E-state index < -0.39 is 0 Å². The van der Waals surface area contributed by atoms with Crippen LogP contribution in [0.25, 0.3) is 0 Å². The molecule has 2 fully saturated rings. The smallest absolute Gasteiger partial charge is 0.254 e. The minimum atomic E-state index is -0.253. The quantitative estimate of drug-likeness (QED) is 0.423. The van der Waals surface area contributed by atoms with Crippen LogP contribution in [-0.2, 0) is 9.59 Å². The maximum atomic E-state index is 12.6. The highest BCUT2D eigenvalue weighted by atomic mass is 79.9. The highest BCUT2D eigenvalue weighted by Crippen LogP contribution is 2.49. The van der Waals surface area contributed by atoms with Gasteiger partial charge in [-0.25, -0.2) is 0 Å². The van der Waals surface area contributed by atoms with Gasteiger partial charge in [-0.1, -0.05) is 12.2 Å². The monoisotopic (exact) mass is 452 g/mol. The van der Waals surface area contributed by atoms with Gasteiger partial charge in [0.25, 0.3) is 11.8 Å². The van der Waals surface area contributed by atoms with Crippen LogP contribution in [0.2, 0.25) is 0 Å². The van der Waals surface area contributed by atoms with Gasteiger partial charge in [-0.15, -0.1) is 0 Å². The van der Waals surface area contributed by atoms with Crippen LogP contribution in [0, 0.1) is 23.7 Å². The lowest BCUT2D eigenvalue weighted by Crippen LogP contribution is -2.38. The van der Waals surface area contributed by atoms with Crippen LogP contribution in [0.1, 0.15) is 18.4 Å². The number of imide groups is 1. The van der Waals surface area contributed by atoms with Crippen LogP contribution in [0.3, 0.4) is 0 Å². The molecule has 24 heavy (non-hydrogen) atoms. The van der Waals surface area contributed by atoms with Crippen molar-refractivity contribution in [2.24, 2.45) is 28.8 Å². The third-order valence-electron chi connectivity index (χ3n) is 5.10. The Morgan fingerprint density at radius 2 is 1.54 bits per heavy atom. The number of hydrogen-bond acceptors (Lipinski definition) is 4. The van der Waals surface area contributed by atoms with Crippen molar-refractivity contribution in [3.63, 3.8) is 0 Å². The number of benzene rings is 1. The number of aromatic hydroxyl groups is 1. The topological polar surface area (TPSA) is 70.0 Å². The molecule has 0 radical (unpaired) electrons. The maximum absolute atomic E-state index is 12.6. The first-order valence-corrected chi connectivity index (χ1v) is 9.34. The average molecular weight is 454 g/mol. The molecule has 0 unspecified atom stereocenters. The number of hydrazone groups is 1. The van der Waals surface area contributed by atoms with E-state index in [4.69, 9.17) is 0 Å². The first-order valence-electron chi connectivity index (χ1n) is 7.75. The van der Waals surface area contributed by atoms with E-state index in [9.17, 15) is 14.7 Å². The largest absolute Gasteiger partial charge is 0.506 e. The van der Waals surface area contributed by atoms with Gasteiger partial charge in [0.2, 0.25) is 0 Å². The fourth-order valence-corrected chi connectivity index (χ4v) is 5.18. The van der Waals surface area contributed by atoms with E-state index in [2.05, 4.69) is 49.1 Å². The Hall–Kier alpha value is -1.47. The average Bonchev–Trinajstić information content (AvgIpc) is 2.85. The summed E-state index contributed by atoms with van der Waals surface area (Å²) >= 11 is 6.50. The minimum Gasteiger partial charge on any atom is -0.506 e. The molecule has 1 saturated carbocycles. The van der Waals surface area contributed by atoms with Crippen LogP contribution in [-0.4, -0.2) is 28.1 Å². The number of amides is 2. The Morgan fingerprint density at radius 3 is 2.00 bits per heavy atom. The van der Waals surface area contributed by atoms with Gasteiger partial charge >= 0.3 is 0 Å². The van der Waals surface area contributed by atoms with Gasteiger partial charge in [0.15, 0.2) is 0 Å². The molecule has 0 aromatic heterocycles. The molecule has 1 aromatic carbocycles. The molecule has 1 saturated heterocycles. The Kier molecular flexibility index (Phi) is 3.88. The zero-order valence-corrected chi connectivity index (χ0v) is 15.7. The summed E-state index contributed by atoms with van der Waals surface area (Å²) < 4.78 is 1.02. The van der Waals surface area contributed by atoms with Crippen LogP contribution >= 0.6 is 31.9 Å². The van der Waals surface area contributed by atoms with E-state index in [1.807, 2.05) is 0 Å². The number of phenols is 1. The van der Waals surface area contributed by atoms with Crippen molar-refractivity contribution in [2.45, 2.75) is 12.8 Å². The molecule has 0 spiro atoms. The van der Waals surface area contributed by atoms with Gasteiger partial charge in [-0.3, -0.25) is 9.59 Å². The van der Waals surface area contributed by atoms with Gasteiger partial charge < -0.3 is 5.11 Å². The van der Waals surface area contributed by atoms with Crippen molar-refractivity contribution < 1.29 is 14.7 Å². The van der Waals surface area contributed by atoms with E-state index in [0.717, 1.165) is 17.9 Å². The summed E-state index contributed by atoms with van der Waals surface area (Å²) in [5.74, 6) is -0.487. The SMILES string of the molecule is O=C1[C@@H]2[C@H](C(=O)N1/N=C\c1cc(Br)c(O)c(Br)c1)[C@@H]1C=C[C@H]2CC1. The third kappa shape index (κ3) is 2.37. The summed E-state index contributed by atoms with van der Waals surface area (Å²) in [6.45, 7) is 0. The molecule has 4 aliphatic rings. The molecule has 5 nitrogen and oxygen atoms in total. The van der Waals surface area contributed by atoms with Gasteiger partial charge in [-0.2, -0.15) is 10.1 Å². The molecule has 1 heterocycles. The van der Waals surface area contributed by atoms with E-state index in [-0.39, 0.29) is 41.2 Å². The second-order valence-electron chi connectivity index (χ2n) is 6.41. The molecule has 1 N–H and O–H groups in total. The molecule has 124 valence electrons. The van der Waals surface area contributed by atoms with Crippen molar-refractivity contribution in [3.8, 4) is 5.75 Å². The van der Waals surface area contributed by atoms with Gasteiger partial charge in [-0.05, 0) is 74.2 Å². The van der Waals surface area contributed by atoms with Gasteiger partial charge in [0, 0.05) is 0 Å². The van der Waals surface area contributed by atoms with E-state index in [1.165, 1.54) is 6.21 Å². The van der Waals surface area contributed by atoms with Crippen molar-refractivity contribution in [3.05, 3.63) is 38.8 Å². The molecular formula is C17H14Br2N2O3. The fourth-order valence-electron chi connectivity index (χ4n) is 3.96. The molecule has 1 aliphatic heterocycles. The van der Waals surface area contributed by atoms with Crippen molar-refractivity contribution in [1.29, 1.82) is 0 Å². The zero-order chi connectivity index (χ0) is 17.0. The number of fused-ring (bicyclic) bond motifs is 1. The second kappa shape index (κ2) is 5.81. The van der Waals surface area contributed by atoms with Crippen LogP contribution in [0.15, 0.2) is 38.3 Å². The predicted octanol–water partition coefficient (Wildman–Crippen LogP) is 3.45. The molecule has 3 aliphatic carbocycles. The van der Waals surface area contributed by atoms with Crippen molar-refractivity contribution in [1.82, 2.24) is 5.01 Å². The Bertz CT molecular complexity index is 750. The van der Waals surface area contributed by atoms with E-state index >= 15 is 0 Å². The molecular weight excluding hydrogens is 440 g/mol. The Morgan fingerprint density at radius 1 is 1.04 bits per heavy atom. The fraction of sp³-hybridized carbons (Fsp3) is 0.353. The summed E-state index contributed by atoms with van der Waals surface area (Å²) in [5, 5.41) is 14.9. The van der Waals surface area contributed by atoms with Gasteiger partial charge in [0.1, 0.15) is 5.75 Å². The lowest BCUT2D eigenvalue weighted by atomic mass is 9.63. The summed E-state index contributed by atoms with van der Waals surface area (Å²) in [4.78, 5) is 25.3. The van der Waals surface area contributed by atoms with E-state index in [0.29, 0.717) is 14.5 Å². The Labute approximate surface area is 155 Å². The van der Waals surface area contributed by atoms with Crippen LogP contribution in [0.4, 0.5) is 0 Å². The lowest BCUT2D eigenvalue weighted by molar-refractivity contribution is -0.140. The minimum absolute atomic E-state index is 0.0918. The molecule has 4 atom stereocenters. The van der Waals surface area contributed by atoms with Crippen molar-refractivity contribution >= 4 is 49.9 Å². The second-order valence-corrected chi connectivity index (χ2v) is 8.12. The number of nitrogens with zero attached hydrogens (tertiary/aromatic N) is 2. The van der Waals surface area contributed by atoms with Crippen LogP contribution in [0.5, 0.6) is 5.75 Å². The number of hydrogen-bond donors (Lipinski definition) is 1. The lowest BCUT2D eigenvalue weighted by Gasteiger charge is -2.37. The van der Waals surface area contributed by atoms with Gasteiger partial charge in [0.05, 0.1) is 27.0 Å². The highest BCUT2D eigenvalue weighted by Gasteiger charge is 2.56. The molecule has 2 bridgehead atoms. The summed E-state index contributed by atoms with van der Waals surface area (Å²) in [7, 11) is 0. The molecule has 1 aromatic rings. The molecule has 2 amide bonds. The standard InChI is InChI=1S/C17H14Br2N2O3/c18-11-5-8(6-12(19)15(11)22)7-20-21-16(23)13-9-1-2-10(4-3-9)14(13)17(21)24/h1-2,5-7,9-10,13-14,22H,3-4H2/b20-7-/t9-,10+,13-,14+. The van der Waals surface area contributed by atoms with Crippen molar-refractivity contribution in [2.75, 3.05) is 0 Å². The summed E-state index contributed by atoms with van der Waals surface area (Å²) in [6, 6.07) is 3.35. The highest BCUT2D eigenvalue weighted by molar-refractivity contribution is 9.11. The number of rotatable bonds is 2. The number of carbonyl (C=O) groups excluding carboxylic acids is 2. The van der Waals surface area contributed by atoms with E-state index in [1.54, 1.807) is 12.1 Å². The first kappa shape index (κ1) is 16.0. The normalized spacial score (nSPS) is 31.3. The number of allylic oxidation sites excluding steroid dienone is 2. The Balaban J connectivity index is 1.62. The number of halogens is 2. The third-order valence-corrected chi connectivity index (χ3v) is 6.31. The number of carbonyl (C=O) groups is 2. The maximum Gasteiger partial charge on any atom is 0.254 e. The summed E-state index contributed by atoms with van der Waals surface area (Å²) in [5.41, 5.74) is 0.670. The molecule has 5 rings (SSSR count). The van der Waals surface area contributed by atoms with Crippen LogP contribution < -0.4 is 0 Å². The zero-order valence-electron chi connectivity index (χ0n) is 12.5.